The SMILES string of the molecule is COc1cc(-c2cc(C(=O)N3CCC(C(=O)NC4CCN(CC(F)(F)F)C4)CC34CC4)n[nH]2)c(F)cn1. The number of alkyl halides is 3. The molecule has 2 saturated heterocycles. The molecule has 2 N–H and O–H groups in total. The van der Waals surface area contributed by atoms with Crippen molar-refractivity contribution in [2.45, 2.75) is 49.9 Å². The summed E-state index contributed by atoms with van der Waals surface area (Å²) in [5.74, 6) is -1.13. The lowest BCUT2D eigenvalue weighted by Crippen LogP contribution is -2.52. The summed E-state index contributed by atoms with van der Waals surface area (Å²) < 4.78 is 57.3. The lowest BCUT2D eigenvalue weighted by atomic mass is 9.87. The first-order chi connectivity index (χ1) is 17.6. The first-order valence-corrected chi connectivity index (χ1v) is 12.2. The van der Waals surface area contributed by atoms with E-state index in [0.29, 0.717) is 38.0 Å². The second-order valence-electron chi connectivity index (χ2n) is 10.1. The van der Waals surface area contributed by atoms with Gasteiger partial charge in [0.15, 0.2) is 11.5 Å². The molecule has 3 fully saturated rings. The fourth-order valence-electron chi connectivity index (χ4n) is 5.46. The van der Waals surface area contributed by atoms with Crippen molar-refractivity contribution < 1.29 is 31.9 Å². The Kier molecular flexibility index (Phi) is 6.59. The van der Waals surface area contributed by atoms with Gasteiger partial charge in [0.1, 0.15) is 0 Å². The summed E-state index contributed by atoms with van der Waals surface area (Å²) in [5.41, 5.74) is 0.210. The zero-order valence-electron chi connectivity index (χ0n) is 20.3. The van der Waals surface area contributed by atoms with E-state index >= 15 is 0 Å². The van der Waals surface area contributed by atoms with Gasteiger partial charge in [-0.1, -0.05) is 0 Å². The van der Waals surface area contributed by atoms with Crippen LogP contribution in [0.2, 0.25) is 0 Å². The van der Waals surface area contributed by atoms with Crippen molar-refractivity contribution in [1.29, 1.82) is 0 Å². The maximum atomic E-state index is 14.3. The number of rotatable bonds is 6. The van der Waals surface area contributed by atoms with E-state index in [0.717, 1.165) is 19.0 Å². The maximum absolute atomic E-state index is 14.3. The number of H-pyrrole nitrogens is 1. The number of methoxy groups -OCH3 is 1. The molecule has 2 aromatic heterocycles. The molecular formula is C24H28F4N6O3. The Morgan fingerprint density at radius 2 is 2.03 bits per heavy atom. The molecule has 2 aromatic rings. The van der Waals surface area contributed by atoms with Crippen molar-refractivity contribution in [2.75, 3.05) is 33.3 Å². The average Bonchev–Trinajstić information content (AvgIpc) is 3.23. The zero-order chi connectivity index (χ0) is 26.4. The molecule has 1 saturated carbocycles. The van der Waals surface area contributed by atoms with Crippen LogP contribution in [-0.2, 0) is 4.79 Å². The fourth-order valence-corrected chi connectivity index (χ4v) is 5.46. The number of pyridine rings is 1. The monoisotopic (exact) mass is 524 g/mol. The van der Waals surface area contributed by atoms with E-state index in [2.05, 4.69) is 20.5 Å². The summed E-state index contributed by atoms with van der Waals surface area (Å²) in [6, 6.07) is 2.59. The van der Waals surface area contributed by atoms with Gasteiger partial charge in [0.25, 0.3) is 5.91 Å². The highest BCUT2D eigenvalue weighted by atomic mass is 19.4. The minimum absolute atomic E-state index is 0.148. The number of piperidine rings is 1. The number of carbonyl (C=O) groups is 2. The van der Waals surface area contributed by atoms with E-state index in [9.17, 15) is 27.2 Å². The van der Waals surface area contributed by atoms with Gasteiger partial charge in [-0.05, 0) is 38.2 Å². The number of amides is 2. The number of halogens is 4. The molecule has 0 bridgehead atoms. The second kappa shape index (κ2) is 9.58. The van der Waals surface area contributed by atoms with Crippen LogP contribution in [0.25, 0.3) is 11.3 Å². The predicted octanol–water partition coefficient (Wildman–Crippen LogP) is 2.76. The van der Waals surface area contributed by atoms with E-state index in [4.69, 9.17) is 4.74 Å². The Balaban J connectivity index is 1.20. The van der Waals surface area contributed by atoms with Gasteiger partial charge in [-0.2, -0.15) is 18.3 Å². The van der Waals surface area contributed by atoms with Crippen LogP contribution in [0.5, 0.6) is 5.88 Å². The van der Waals surface area contributed by atoms with Gasteiger partial charge in [0, 0.05) is 48.8 Å². The van der Waals surface area contributed by atoms with Crippen molar-refractivity contribution in [1.82, 2.24) is 30.3 Å². The molecule has 2 aliphatic heterocycles. The Morgan fingerprint density at radius 3 is 2.73 bits per heavy atom. The average molecular weight is 525 g/mol. The molecule has 5 rings (SSSR count). The van der Waals surface area contributed by atoms with Crippen molar-refractivity contribution >= 4 is 11.8 Å². The summed E-state index contributed by atoms with van der Waals surface area (Å²) >= 11 is 0. The molecule has 1 spiro atoms. The normalized spacial score (nSPS) is 23.3. The van der Waals surface area contributed by atoms with Crippen LogP contribution in [0.1, 0.15) is 42.6 Å². The van der Waals surface area contributed by atoms with Crippen LogP contribution in [-0.4, -0.2) is 87.8 Å². The summed E-state index contributed by atoms with van der Waals surface area (Å²) in [4.78, 5) is 33.1. The van der Waals surface area contributed by atoms with Gasteiger partial charge >= 0.3 is 6.18 Å². The lowest BCUT2D eigenvalue weighted by molar-refractivity contribution is -0.143. The summed E-state index contributed by atoms with van der Waals surface area (Å²) in [6.45, 7) is -0.136. The minimum atomic E-state index is -4.26. The van der Waals surface area contributed by atoms with Crippen LogP contribution in [0.3, 0.4) is 0 Å². The van der Waals surface area contributed by atoms with E-state index in [-0.39, 0.29) is 47.5 Å². The number of nitrogens with zero attached hydrogens (tertiary/aromatic N) is 4. The topological polar surface area (TPSA) is 103 Å². The third-order valence-corrected chi connectivity index (χ3v) is 7.49. The van der Waals surface area contributed by atoms with Crippen LogP contribution >= 0.6 is 0 Å². The standard InChI is InChI=1S/C24H28F4N6O3/c1-37-20-8-16(17(25)11-29-20)18-9-19(32-31-18)22(36)34-7-2-14(10-23(34)4-5-23)21(35)30-15-3-6-33(12-15)13-24(26,27)28/h8-9,11,14-15H,2-7,10,12-13H2,1H3,(H,30,35)(H,31,32). The van der Waals surface area contributed by atoms with Gasteiger partial charge < -0.3 is 15.0 Å². The highest BCUT2D eigenvalue weighted by Crippen LogP contribution is 2.50. The van der Waals surface area contributed by atoms with Gasteiger partial charge in [-0.25, -0.2) is 9.37 Å². The van der Waals surface area contributed by atoms with Crippen molar-refractivity contribution in [2.24, 2.45) is 5.92 Å². The molecule has 1 aliphatic carbocycles. The molecule has 3 aliphatic rings. The van der Waals surface area contributed by atoms with Crippen LogP contribution < -0.4 is 10.1 Å². The highest BCUT2D eigenvalue weighted by Gasteiger charge is 2.55. The molecule has 2 amide bonds. The number of likely N-dealkylation sites (tertiary alicyclic amines) is 2. The minimum Gasteiger partial charge on any atom is -0.481 e. The van der Waals surface area contributed by atoms with E-state index < -0.39 is 24.1 Å². The molecule has 4 heterocycles. The number of nitrogens with one attached hydrogen (secondary N) is 2. The summed E-state index contributed by atoms with van der Waals surface area (Å²) in [7, 11) is 1.42. The van der Waals surface area contributed by atoms with Crippen molar-refractivity contribution in [3.05, 3.63) is 29.8 Å². The second-order valence-corrected chi connectivity index (χ2v) is 10.1. The smallest absolute Gasteiger partial charge is 0.401 e. The third-order valence-electron chi connectivity index (χ3n) is 7.49. The Hall–Kier alpha value is -3.22. The van der Waals surface area contributed by atoms with E-state index in [1.165, 1.54) is 24.1 Å². The van der Waals surface area contributed by atoms with E-state index in [1.807, 2.05) is 0 Å². The Morgan fingerprint density at radius 1 is 1.24 bits per heavy atom. The fraction of sp³-hybridized carbons (Fsp3) is 0.583. The number of aromatic amines is 1. The van der Waals surface area contributed by atoms with E-state index in [1.54, 1.807) is 4.90 Å². The number of hydrogen-bond acceptors (Lipinski definition) is 6. The summed E-state index contributed by atoms with van der Waals surface area (Å²) in [5, 5.41) is 9.73. The highest BCUT2D eigenvalue weighted by molar-refractivity contribution is 5.94. The third kappa shape index (κ3) is 5.41. The Bertz CT molecular complexity index is 1180. The first kappa shape index (κ1) is 25.4. The van der Waals surface area contributed by atoms with Crippen LogP contribution in [0, 0.1) is 11.7 Å². The summed E-state index contributed by atoms with van der Waals surface area (Å²) in [6.07, 6.45) is -0.272. The number of carbonyl (C=O) groups excluding carboxylic acids is 2. The molecule has 37 heavy (non-hydrogen) atoms. The number of ether oxygens (including phenoxy) is 1. The lowest BCUT2D eigenvalue weighted by Gasteiger charge is -2.39. The van der Waals surface area contributed by atoms with Crippen molar-refractivity contribution in [3.63, 3.8) is 0 Å². The van der Waals surface area contributed by atoms with Crippen LogP contribution in [0.15, 0.2) is 18.3 Å². The molecule has 2 unspecified atom stereocenters. The zero-order valence-corrected chi connectivity index (χ0v) is 20.3. The van der Waals surface area contributed by atoms with Gasteiger partial charge in [-0.15, -0.1) is 0 Å². The molecule has 0 radical (unpaired) electrons. The first-order valence-electron chi connectivity index (χ1n) is 12.2. The van der Waals surface area contributed by atoms with Gasteiger partial charge in [0.2, 0.25) is 11.8 Å². The number of hydrogen-bond donors (Lipinski definition) is 2. The Labute approximate surface area is 210 Å². The van der Waals surface area contributed by atoms with Gasteiger partial charge in [0.05, 0.1) is 25.5 Å². The molecule has 9 nitrogen and oxygen atoms in total. The van der Waals surface area contributed by atoms with Gasteiger partial charge in [-0.3, -0.25) is 19.6 Å². The largest absolute Gasteiger partial charge is 0.481 e. The molecular weight excluding hydrogens is 496 g/mol. The maximum Gasteiger partial charge on any atom is 0.401 e. The molecule has 13 heteroatoms. The van der Waals surface area contributed by atoms with Crippen LogP contribution in [0.4, 0.5) is 17.6 Å². The number of aromatic nitrogens is 3. The molecule has 0 aromatic carbocycles. The van der Waals surface area contributed by atoms with Crippen molar-refractivity contribution in [3.8, 4) is 17.1 Å². The quantitative estimate of drug-likeness (QED) is 0.564. The molecule has 200 valence electrons. The predicted molar refractivity (Wildman–Crippen MR) is 123 cm³/mol. The molecule has 2 atom stereocenters.